The van der Waals surface area contributed by atoms with Gasteiger partial charge in [0, 0.05) is 4.47 Å². The number of hydrogen-bond donors (Lipinski definition) is 1. The smallest absolute Gasteiger partial charge is 0.339 e. The summed E-state index contributed by atoms with van der Waals surface area (Å²) in [5.41, 5.74) is 1.26. The van der Waals surface area contributed by atoms with Gasteiger partial charge in [-0.25, -0.2) is 4.79 Å². The van der Waals surface area contributed by atoms with Crippen molar-refractivity contribution in [2.45, 2.75) is 20.8 Å². The van der Waals surface area contributed by atoms with Crippen molar-refractivity contribution in [2.24, 2.45) is 0 Å². The minimum atomic E-state index is -1.01. The van der Waals surface area contributed by atoms with Crippen molar-refractivity contribution in [1.82, 2.24) is 0 Å². The van der Waals surface area contributed by atoms with Crippen molar-refractivity contribution in [2.75, 3.05) is 0 Å². The summed E-state index contributed by atoms with van der Waals surface area (Å²) < 4.78 is 6.37. The Morgan fingerprint density at radius 3 is 2.25 bits per heavy atom. The first-order valence-electron chi connectivity index (χ1n) is 6.33. The summed E-state index contributed by atoms with van der Waals surface area (Å²) in [7, 11) is 0. The largest absolute Gasteiger partial charge is 0.478 e. The topological polar surface area (TPSA) is 46.5 Å². The molecule has 0 aliphatic rings. The zero-order chi connectivity index (χ0) is 15.1. The van der Waals surface area contributed by atoms with Gasteiger partial charge in [-0.1, -0.05) is 47.5 Å². The van der Waals surface area contributed by atoms with E-state index in [1.54, 1.807) is 12.1 Å². The number of aromatic carboxylic acids is 1. The van der Waals surface area contributed by atoms with E-state index in [9.17, 15) is 4.79 Å². The summed E-state index contributed by atoms with van der Waals surface area (Å²) in [6, 6.07) is 12.3. The lowest BCUT2D eigenvalue weighted by atomic mass is 10.2. The molecule has 0 heterocycles. The average molecular weight is 337 g/mol. The quantitative estimate of drug-likeness (QED) is 0.829. The molecule has 0 saturated carbocycles. The zero-order valence-corrected chi connectivity index (χ0v) is 13.3. The summed E-state index contributed by atoms with van der Waals surface area (Å²) in [5.74, 6) is -0.0773. The molecule has 3 nitrogen and oxygen atoms in total. The van der Waals surface area contributed by atoms with E-state index in [2.05, 4.69) is 15.9 Å². The Morgan fingerprint density at radius 2 is 1.70 bits per heavy atom. The van der Waals surface area contributed by atoms with Crippen LogP contribution >= 0.6 is 15.9 Å². The first-order chi connectivity index (χ1) is 9.56. The molecule has 2 rings (SSSR count). The molecule has 106 valence electrons. The van der Waals surface area contributed by atoms with Gasteiger partial charge in [-0.2, -0.15) is 0 Å². The van der Waals surface area contributed by atoms with Crippen LogP contribution in [0.4, 0.5) is 0 Å². The molecule has 1 N–H and O–H groups in total. The molecule has 0 fully saturated rings. The number of halogens is 1. The van der Waals surface area contributed by atoms with Gasteiger partial charge in [0.25, 0.3) is 0 Å². The number of carboxylic acids is 1. The van der Waals surface area contributed by atoms with Crippen LogP contribution in [0.3, 0.4) is 0 Å². The summed E-state index contributed by atoms with van der Waals surface area (Å²) in [6.45, 7) is 5.98. The standard InChI is InChI=1S/C14H11BrO3.C2H6/c1-9-2-5-11(6-3-9)18-13-8-10(15)4-7-12(13)14(16)17;1-2/h2-8H,1H3,(H,16,17);1-2H3. The lowest BCUT2D eigenvalue weighted by Gasteiger charge is -2.09. The predicted molar refractivity (Wildman–Crippen MR) is 83.7 cm³/mol. The number of aryl methyl sites for hydroxylation is 1. The molecule has 0 saturated heterocycles. The SMILES string of the molecule is CC.Cc1ccc(Oc2cc(Br)ccc2C(=O)O)cc1. The number of carboxylic acid groups (broad SMARTS) is 1. The third kappa shape index (κ3) is 4.38. The Kier molecular flexibility index (Phi) is 6.25. The summed E-state index contributed by atoms with van der Waals surface area (Å²) in [6.07, 6.45) is 0. The maximum Gasteiger partial charge on any atom is 0.339 e. The number of carbonyl (C=O) groups is 1. The van der Waals surface area contributed by atoms with E-state index in [1.165, 1.54) is 6.07 Å². The van der Waals surface area contributed by atoms with Crippen molar-refractivity contribution >= 4 is 21.9 Å². The second-order valence-electron chi connectivity index (χ2n) is 3.86. The lowest BCUT2D eigenvalue weighted by molar-refractivity contribution is 0.0694. The molecular formula is C16H17BrO3. The highest BCUT2D eigenvalue weighted by molar-refractivity contribution is 9.10. The van der Waals surface area contributed by atoms with Crippen LogP contribution in [-0.2, 0) is 0 Å². The Bertz CT molecular complexity index is 577. The molecule has 0 aliphatic carbocycles. The van der Waals surface area contributed by atoms with Crippen LogP contribution in [-0.4, -0.2) is 11.1 Å². The van der Waals surface area contributed by atoms with E-state index >= 15 is 0 Å². The van der Waals surface area contributed by atoms with Crippen molar-refractivity contribution in [1.29, 1.82) is 0 Å². The van der Waals surface area contributed by atoms with E-state index in [0.717, 1.165) is 10.0 Å². The van der Waals surface area contributed by atoms with Gasteiger partial charge in [0.1, 0.15) is 17.1 Å². The molecule has 0 spiro atoms. The third-order valence-corrected chi connectivity index (χ3v) is 2.92. The van der Waals surface area contributed by atoms with Gasteiger partial charge in [0.05, 0.1) is 0 Å². The van der Waals surface area contributed by atoms with Crippen LogP contribution < -0.4 is 4.74 Å². The second-order valence-corrected chi connectivity index (χ2v) is 4.78. The van der Waals surface area contributed by atoms with Crippen molar-refractivity contribution in [3.63, 3.8) is 0 Å². The molecule has 0 bridgehead atoms. The van der Waals surface area contributed by atoms with Crippen LogP contribution in [0.25, 0.3) is 0 Å². The van der Waals surface area contributed by atoms with Gasteiger partial charge >= 0.3 is 5.97 Å². The molecule has 2 aromatic carbocycles. The molecular weight excluding hydrogens is 320 g/mol. The molecule has 0 aromatic heterocycles. The van der Waals surface area contributed by atoms with Gasteiger partial charge in [0.15, 0.2) is 0 Å². The van der Waals surface area contributed by atoms with Gasteiger partial charge < -0.3 is 9.84 Å². The van der Waals surface area contributed by atoms with E-state index in [0.29, 0.717) is 11.5 Å². The number of benzene rings is 2. The first-order valence-corrected chi connectivity index (χ1v) is 7.13. The maximum absolute atomic E-state index is 11.1. The number of rotatable bonds is 3. The Hall–Kier alpha value is -1.81. The van der Waals surface area contributed by atoms with E-state index in [1.807, 2.05) is 45.0 Å². The molecule has 0 unspecified atom stereocenters. The minimum absolute atomic E-state index is 0.138. The Labute approximate surface area is 127 Å². The Balaban J connectivity index is 0.000000956. The van der Waals surface area contributed by atoms with Crippen LogP contribution in [0.15, 0.2) is 46.9 Å². The van der Waals surface area contributed by atoms with Gasteiger partial charge in [-0.3, -0.25) is 0 Å². The summed E-state index contributed by atoms with van der Waals surface area (Å²) >= 11 is 3.30. The normalized spacial score (nSPS) is 9.40. The molecule has 0 amide bonds. The molecule has 4 heteroatoms. The van der Waals surface area contributed by atoms with Crippen LogP contribution in [0.1, 0.15) is 29.8 Å². The lowest BCUT2D eigenvalue weighted by Crippen LogP contribution is -1.99. The molecule has 2 aromatic rings. The van der Waals surface area contributed by atoms with Gasteiger partial charge in [0.2, 0.25) is 0 Å². The fourth-order valence-electron chi connectivity index (χ4n) is 1.49. The van der Waals surface area contributed by atoms with Crippen molar-refractivity contribution in [3.8, 4) is 11.5 Å². The minimum Gasteiger partial charge on any atom is -0.478 e. The third-order valence-electron chi connectivity index (χ3n) is 2.42. The average Bonchev–Trinajstić information content (AvgIpc) is 2.43. The second kappa shape index (κ2) is 7.70. The number of hydrogen-bond acceptors (Lipinski definition) is 2. The van der Waals surface area contributed by atoms with Crippen LogP contribution in [0.5, 0.6) is 11.5 Å². The summed E-state index contributed by atoms with van der Waals surface area (Å²) in [5, 5.41) is 9.08. The highest BCUT2D eigenvalue weighted by Gasteiger charge is 2.12. The monoisotopic (exact) mass is 336 g/mol. The zero-order valence-electron chi connectivity index (χ0n) is 11.7. The van der Waals surface area contributed by atoms with Crippen LogP contribution in [0.2, 0.25) is 0 Å². The number of ether oxygens (including phenoxy) is 1. The molecule has 0 atom stereocenters. The molecule has 20 heavy (non-hydrogen) atoms. The van der Waals surface area contributed by atoms with E-state index < -0.39 is 5.97 Å². The fourth-order valence-corrected chi connectivity index (χ4v) is 1.83. The maximum atomic E-state index is 11.1. The van der Waals surface area contributed by atoms with Gasteiger partial charge in [-0.15, -0.1) is 0 Å². The van der Waals surface area contributed by atoms with E-state index in [-0.39, 0.29) is 5.56 Å². The highest BCUT2D eigenvalue weighted by Crippen LogP contribution is 2.28. The summed E-state index contributed by atoms with van der Waals surface area (Å²) in [4.78, 5) is 11.1. The highest BCUT2D eigenvalue weighted by atomic mass is 79.9. The van der Waals surface area contributed by atoms with Crippen molar-refractivity contribution < 1.29 is 14.6 Å². The first kappa shape index (κ1) is 16.2. The Morgan fingerprint density at radius 1 is 1.10 bits per heavy atom. The fraction of sp³-hybridized carbons (Fsp3) is 0.188. The van der Waals surface area contributed by atoms with Crippen LogP contribution in [0, 0.1) is 6.92 Å². The van der Waals surface area contributed by atoms with E-state index in [4.69, 9.17) is 9.84 Å². The molecule has 0 radical (unpaired) electrons. The predicted octanol–water partition coefficient (Wildman–Crippen LogP) is 5.27. The van der Waals surface area contributed by atoms with Crippen molar-refractivity contribution in [3.05, 3.63) is 58.1 Å². The van der Waals surface area contributed by atoms with Gasteiger partial charge in [-0.05, 0) is 37.3 Å². The molecule has 0 aliphatic heterocycles.